The Kier molecular flexibility index (Phi) is 8.05. The molecule has 3 aromatic heterocycles. The molecular formula is C25H21F3N4O4. The first kappa shape index (κ1) is 25.9. The molecule has 0 saturated carbocycles. The summed E-state index contributed by atoms with van der Waals surface area (Å²) in [7, 11) is 0. The van der Waals surface area contributed by atoms with Crippen molar-refractivity contribution in [3.8, 4) is 17.2 Å². The van der Waals surface area contributed by atoms with E-state index in [1.165, 1.54) is 30.7 Å². The molecule has 186 valence electrons. The Morgan fingerprint density at radius 3 is 2.22 bits per heavy atom. The number of rotatable bonds is 4. The number of aryl methyl sites for hydroxylation is 2. The van der Waals surface area contributed by atoms with Crippen LogP contribution in [-0.4, -0.2) is 26.0 Å². The third-order valence-corrected chi connectivity index (χ3v) is 4.59. The monoisotopic (exact) mass is 498 g/mol. The minimum atomic E-state index is -4.61. The number of aromatic amines is 1. The number of aromatic hydroxyl groups is 1. The number of nitrogens with one attached hydrogen (secondary N) is 2. The maximum Gasteiger partial charge on any atom is 0.416 e. The fourth-order valence-corrected chi connectivity index (χ4v) is 2.79. The molecule has 8 nitrogen and oxygen atoms in total. The van der Waals surface area contributed by atoms with Crippen LogP contribution in [0.5, 0.6) is 17.2 Å². The number of aromatic nitrogens is 3. The molecule has 0 aliphatic rings. The van der Waals surface area contributed by atoms with Gasteiger partial charge in [-0.05, 0) is 62.4 Å². The Morgan fingerprint density at radius 2 is 1.67 bits per heavy atom. The van der Waals surface area contributed by atoms with E-state index in [2.05, 4.69) is 20.3 Å². The number of carbonyl (C=O) groups is 1. The summed E-state index contributed by atoms with van der Waals surface area (Å²) in [5.41, 5.74) is 0.277. The van der Waals surface area contributed by atoms with Gasteiger partial charge in [-0.25, -0.2) is 0 Å². The minimum Gasteiger partial charge on any atom is -0.506 e. The van der Waals surface area contributed by atoms with Crippen molar-refractivity contribution >= 4 is 11.6 Å². The highest BCUT2D eigenvalue weighted by Gasteiger charge is 2.32. The summed E-state index contributed by atoms with van der Waals surface area (Å²) in [6, 6.07) is 11.7. The minimum absolute atomic E-state index is 0.131. The van der Waals surface area contributed by atoms with Crippen LogP contribution in [0.4, 0.5) is 18.9 Å². The fraction of sp³-hybridized carbons (Fsp3) is 0.120. The first-order chi connectivity index (χ1) is 17.0. The number of carbonyl (C=O) groups excluding carboxylic acids is 1. The molecule has 0 aliphatic carbocycles. The summed E-state index contributed by atoms with van der Waals surface area (Å²) in [5.74, 6) is -0.622. The molecule has 3 N–H and O–H groups in total. The van der Waals surface area contributed by atoms with Gasteiger partial charge in [-0.15, -0.1) is 0 Å². The number of alkyl halides is 3. The van der Waals surface area contributed by atoms with Crippen molar-refractivity contribution < 1.29 is 27.8 Å². The van der Waals surface area contributed by atoms with Crippen molar-refractivity contribution in [1.82, 2.24) is 15.0 Å². The van der Waals surface area contributed by atoms with Crippen molar-refractivity contribution in [2.24, 2.45) is 0 Å². The number of nitrogens with zero attached hydrogens (tertiary/aromatic N) is 2. The van der Waals surface area contributed by atoms with Crippen LogP contribution in [0.15, 0.2) is 78.0 Å². The molecule has 4 aromatic rings. The number of hydrogen-bond donors (Lipinski definition) is 3. The smallest absolute Gasteiger partial charge is 0.416 e. The van der Waals surface area contributed by atoms with Gasteiger partial charge in [-0.1, -0.05) is 0 Å². The molecule has 0 aliphatic heterocycles. The van der Waals surface area contributed by atoms with Crippen LogP contribution in [-0.2, 0) is 6.18 Å². The number of hydrogen-bond acceptors (Lipinski definition) is 6. The Bertz CT molecular complexity index is 1370. The second-order valence-corrected chi connectivity index (χ2v) is 7.50. The number of anilines is 1. The maximum absolute atomic E-state index is 13.1. The lowest BCUT2D eigenvalue weighted by molar-refractivity contribution is -0.137. The van der Waals surface area contributed by atoms with Gasteiger partial charge in [-0.3, -0.25) is 19.6 Å². The Morgan fingerprint density at radius 1 is 0.972 bits per heavy atom. The van der Waals surface area contributed by atoms with Crippen LogP contribution < -0.4 is 15.6 Å². The lowest BCUT2D eigenvalue weighted by Gasteiger charge is -2.14. The Hall–Kier alpha value is -4.67. The van der Waals surface area contributed by atoms with Crippen molar-refractivity contribution in [2.75, 3.05) is 5.32 Å². The van der Waals surface area contributed by atoms with Crippen LogP contribution in [0.1, 0.15) is 27.3 Å². The third-order valence-electron chi connectivity index (χ3n) is 4.59. The fourth-order valence-electron chi connectivity index (χ4n) is 2.79. The van der Waals surface area contributed by atoms with E-state index in [-0.39, 0.29) is 28.5 Å². The molecule has 0 saturated heterocycles. The van der Waals surface area contributed by atoms with Crippen molar-refractivity contribution in [3.63, 3.8) is 0 Å². The van der Waals surface area contributed by atoms with Crippen LogP contribution in [0.3, 0.4) is 0 Å². The summed E-state index contributed by atoms with van der Waals surface area (Å²) in [6.07, 6.45) is -0.505. The molecule has 0 fully saturated rings. The van der Waals surface area contributed by atoms with Crippen LogP contribution in [0, 0.1) is 13.8 Å². The second-order valence-electron chi connectivity index (χ2n) is 7.50. The molecule has 0 bridgehead atoms. The molecular weight excluding hydrogens is 477 g/mol. The summed E-state index contributed by atoms with van der Waals surface area (Å²) < 4.78 is 44.7. The standard InChI is InChI=1S/C19H14F3N3O3.C6H7NO/c1-11-2-4-14(10-24-11)28-16-8-12(19(20,21)22)3-5-15(16)18(27)25-13-6-7-23-17(26)9-13;1-5-2-3-6(8)4-7-5/h2-10H,1H3,(H2,23,25,26,27);2-4,8H,1H3. The quantitative estimate of drug-likeness (QED) is 0.354. The topological polar surface area (TPSA) is 117 Å². The van der Waals surface area contributed by atoms with E-state index in [0.717, 1.165) is 30.0 Å². The average molecular weight is 498 g/mol. The zero-order chi connectivity index (χ0) is 26.3. The Labute approximate surface area is 203 Å². The zero-order valence-electron chi connectivity index (χ0n) is 19.1. The summed E-state index contributed by atoms with van der Waals surface area (Å²) >= 11 is 0. The van der Waals surface area contributed by atoms with Crippen molar-refractivity contribution in [3.05, 3.63) is 106 Å². The molecule has 11 heteroatoms. The van der Waals surface area contributed by atoms with Gasteiger partial charge in [-0.2, -0.15) is 13.2 Å². The zero-order valence-corrected chi connectivity index (χ0v) is 19.1. The van der Waals surface area contributed by atoms with E-state index in [1.807, 2.05) is 6.92 Å². The van der Waals surface area contributed by atoms with Gasteiger partial charge in [0.25, 0.3) is 5.91 Å². The predicted octanol–water partition coefficient (Wildman–Crippen LogP) is 5.24. The molecule has 0 spiro atoms. The van der Waals surface area contributed by atoms with Gasteiger partial charge in [0.1, 0.15) is 17.2 Å². The highest BCUT2D eigenvalue weighted by Crippen LogP contribution is 2.35. The second kappa shape index (κ2) is 11.2. The van der Waals surface area contributed by atoms with Crippen LogP contribution in [0.2, 0.25) is 0 Å². The van der Waals surface area contributed by atoms with E-state index in [1.54, 1.807) is 25.1 Å². The van der Waals surface area contributed by atoms with Gasteiger partial charge < -0.3 is 20.1 Å². The van der Waals surface area contributed by atoms with E-state index < -0.39 is 23.2 Å². The van der Waals surface area contributed by atoms with E-state index in [0.29, 0.717) is 5.69 Å². The summed E-state index contributed by atoms with van der Waals surface area (Å²) in [5, 5.41) is 11.2. The molecule has 3 heterocycles. The van der Waals surface area contributed by atoms with Gasteiger partial charge >= 0.3 is 6.18 Å². The predicted molar refractivity (Wildman–Crippen MR) is 126 cm³/mol. The molecule has 0 unspecified atom stereocenters. The largest absolute Gasteiger partial charge is 0.506 e. The summed E-state index contributed by atoms with van der Waals surface area (Å²) in [4.78, 5) is 34.1. The number of halogens is 3. The van der Waals surface area contributed by atoms with Crippen molar-refractivity contribution in [2.45, 2.75) is 20.0 Å². The molecule has 1 amide bonds. The van der Waals surface area contributed by atoms with Gasteiger partial charge in [0.15, 0.2) is 0 Å². The van der Waals surface area contributed by atoms with Gasteiger partial charge in [0, 0.05) is 29.3 Å². The highest BCUT2D eigenvalue weighted by molar-refractivity contribution is 6.06. The van der Waals surface area contributed by atoms with Crippen LogP contribution in [0.25, 0.3) is 0 Å². The van der Waals surface area contributed by atoms with Crippen LogP contribution >= 0.6 is 0 Å². The Balaban J connectivity index is 0.000000383. The molecule has 0 radical (unpaired) electrons. The van der Waals surface area contributed by atoms with E-state index >= 15 is 0 Å². The van der Waals surface area contributed by atoms with E-state index in [4.69, 9.17) is 9.84 Å². The third kappa shape index (κ3) is 7.42. The normalized spacial score (nSPS) is 10.7. The summed E-state index contributed by atoms with van der Waals surface area (Å²) in [6.45, 7) is 3.62. The van der Waals surface area contributed by atoms with Crippen molar-refractivity contribution in [1.29, 1.82) is 0 Å². The lowest BCUT2D eigenvalue weighted by Crippen LogP contribution is -2.16. The molecule has 1 aromatic carbocycles. The molecule has 0 atom stereocenters. The number of H-pyrrole nitrogens is 1. The number of pyridine rings is 3. The number of amides is 1. The lowest BCUT2D eigenvalue weighted by atomic mass is 10.1. The first-order valence-electron chi connectivity index (χ1n) is 10.4. The molecule has 36 heavy (non-hydrogen) atoms. The van der Waals surface area contributed by atoms with Gasteiger partial charge in [0.2, 0.25) is 5.56 Å². The van der Waals surface area contributed by atoms with E-state index in [9.17, 15) is 22.8 Å². The maximum atomic E-state index is 13.1. The number of ether oxygens (including phenoxy) is 1. The van der Waals surface area contributed by atoms with Gasteiger partial charge in [0.05, 0.1) is 23.5 Å². The number of benzene rings is 1. The highest BCUT2D eigenvalue weighted by atomic mass is 19.4. The average Bonchev–Trinajstić information content (AvgIpc) is 2.82. The molecule has 4 rings (SSSR count). The first-order valence-corrected chi connectivity index (χ1v) is 10.4. The SMILES string of the molecule is Cc1ccc(O)cn1.Cc1ccc(Oc2cc(C(F)(F)F)ccc2C(=O)Nc2cc[nH]c(=O)c2)cn1.